The highest BCUT2D eigenvalue weighted by Crippen LogP contribution is 2.30. The Morgan fingerprint density at radius 1 is 1.39 bits per heavy atom. The number of benzene rings is 1. The summed E-state index contributed by atoms with van der Waals surface area (Å²) in [5.74, 6) is -1.87. The Kier molecular flexibility index (Phi) is 3.50. The van der Waals surface area contributed by atoms with E-state index in [0.29, 0.717) is 19.0 Å². The monoisotopic (exact) mass is 254 g/mol. The first-order chi connectivity index (χ1) is 8.52. The number of rotatable bonds is 4. The van der Waals surface area contributed by atoms with Crippen molar-refractivity contribution in [2.75, 3.05) is 18.8 Å². The van der Waals surface area contributed by atoms with Crippen molar-refractivity contribution in [2.24, 2.45) is 5.92 Å². The van der Waals surface area contributed by atoms with Crippen LogP contribution in [-0.2, 0) is 0 Å². The minimum absolute atomic E-state index is 0.0202. The molecule has 0 heterocycles. The molecule has 0 spiro atoms. The molecule has 98 valence electrons. The molecule has 1 saturated carbocycles. The zero-order valence-corrected chi connectivity index (χ0v) is 10.2. The summed E-state index contributed by atoms with van der Waals surface area (Å²) in [7, 11) is 0. The molecule has 1 amide bonds. The Bertz CT molecular complexity index is 472. The third-order valence-corrected chi connectivity index (χ3v) is 3.17. The van der Waals surface area contributed by atoms with Crippen molar-refractivity contribution in [3.8, 4) is 0 Å². The second-order valence-electron chi connectivity index (χ2n) is 4.64. The number of halogens is 2. The van der Waals surface area contributed by atoms with Crippen LogP contribution in [0.25, 0.3) is 0 Å². The lowest BCUT2D eigenvalue weighted by molar-refractivity contribution is 0.0757. The molecular weight excluding hydrogens is 238 g/mol. The van der Waals surface area contributed by atoms with Gasteiger partial charge in [0.25, 0.3) is 5.91 Å². The number of nitrogen functional groups attached to an aromatic ring is 1. The van der Waals surface area contributed by atoms with Gasteiger partial charge in [-0.2, -0.15) is 0 Å². The second-order valence-corrected chi connectivity index (χ2v) is 4.64. The first-order valence-electron chi connectivity index (χ1n) is 6.06. The van der Waals surface area contributed by atoms with Gasteiger partial charge in [0.15, 0.2) is 11.6 Å². The van der Waals surface area contributed by atoms with E-state index in [1.165, 1.54) is 0 Å². The maximum Gasteiger partial charge on any atom is 0.256 e. The zero-order valence-electron chi connectivity index (χ0n) is 10.2. The van der Waals surface area contributed by atoms with E-state index in [1.807, 2.05) is 6.92 Å². The topological polar surface area (TPSA) is 46.3 Å². The standard InChI is InChI=1S/C13H16F2N2O/c1-2-17(7-8-3-4-8)13(18)9-5-10(14)11(15)6-12(9)16/h5-6,8H,2-4,7,16H2,1H3. The predicted octanol–water partition coefficient (Wildman–Crippen LogP) is 2.42. The van der Waals surface area contributed by atoms with Gasteiger partial charge in [-0.25, -0.2) is 8.78 Å². The molecule has 0 aliphatic heterocycles. The Morgan fingerprint density at radius 3 is 2.56 bits per heavy atom. The minimum Gasteiger partial charge on any atom is -0.398 e. The summed E-state index contributed by atoms with van der Waals surface area (Å²) >= 11 is 0. The van der Waals surface area contributed by atoms with Gasteiger partial charge in [-0.05, 0) is 31.7 Å². The molecule has 0 saturated heterocycles. The van der Waals surface area contributed by atoms with Crippen molar-refractivity contribution in [2.45, 2.75) is 19.8 Å². The van der Waals surface area contributed by atoms with Gasteiger partial charge in [0.05, 0.1) is 5.56 Å². The van der Waals surface area contributed by atoms with Crippen LogP contribution in [0, 0.1) is 17.6 Å². The fourth-order valence-corrected chi connectivity index (χ4v) is 1.89. The van der Waals surface area contributed by atoms with Gasteiger partial charge < -0.3 is 10.6 Å². The summed E-state index contributed by atoms with van der Waals surface area (Å²) in [5, 5.41) is 0. The van der Waals surface area contributed by atoms with Crippen LogP contribution in [-0.4, -0.2) is 23.9 Å². The highest BCUT2D eigenvalue weighted by molar-refractivity contribution is 5.99. The van der Waals surface area contributed by atoms with Gasteiger partial charge in [0.2, 0.25) is 0 Å². The van der Waals surface area contributed by atoms with Gasteiger partial charge in [-0.15, -0.1) is 0 Å². The van der Waals surface area contributed by atoms with Crippen LogP contribution in [0.1, 0.15) is 30.1 Å². The lowest BCUT2D eigenvalue weighted by Gasteiger charge is -2.21. The number of amides is 1. The summed E-state index contributed by atoms with van der Waals surface area (Å²) in [6.45, 7) is 3.05. The fourth-order valence-electron chi connectivity index (χ4n) is 1.89. The molecule has 0 aromatic heterocycles. The molecule has 18 heavy (non-hydrogen) atoms. The maximum absolute atomic E-state index is 13.2. The second kappa shape index (κ2) is 4.92. The van der Waals surface area contributed by atoms with Crippen LogP contribution in [0.2, 0.25) is 0 Å². The number of carbonyl (C=O) groups is 1. The van der Waals surface area contributed by atoms with Gasteiger partial charge in [-0.3, -0.25) is 4.79 Å². The SMILES string of the molecule is CCN(CC1CC1)C(=O)c1cc(F)c(F)cc1N. The number of anilines is 1. The summed E-state index contributed by atoms with van der Waals surface area (Å²) in [6.07, 6.45) is 2.24. The first kappa shape index (κ1) is 12.8. The van der Waals surface area contributed by atoms with E-state index in [-0.39, 0.29) is 17.2 Å². The van der Waals surface area contributed by atoms with Crippen molar-refractivity contribution >= 4 is 11.6 Å². The number of hydrogen-bond acceptors (Lipinski definition) is 2. The van der Waals surface area contributed by atoms with Crippen molar-refractivity contribution in [3.63, 3.8) is 0 Å². The number of nitrogens with two attached hydrogens (primary N) is 1. The Hall–Kier alpha value is -1.65. The molecule has 1 aromatic carbocycles. The molecule has 2 N–H and O–H groups in total. The maximum atomic E-state index is 13.2. The van der Waals surface area contributed by atoms with Crippen LogP contribution in [0.5, 0.6) is 0 Å². The third-order valence-electron chi connectivity index (χ3n) is 3.17. The highest BCUT2D eigenvalue weighted by Gasteiger charge is 2.27. The summed E-state index contributed by atoms with van der Waals surface area (Å²) in [5.41, 5.74) is 5.59. The fraction of sp³-hybridized carbons (Fsp3) is 0.462. The molecule has 2 rings (SSSR count). The normalized spacial score (nSPS) is 14.6. The van der Waals surface area contributed by atoms with E-state index in [2.05, 4.69) is 0 Å². The van der Waals surface area contributed by atoms with E-state index in [0.717, 1.165) is 25.0 Å². The average molecular weight is 254 g/mol. The quantitative estimate of drug-likeness (QED) is 0.839. The van der Waals surface area contributed by atoms with Crippen molar-refractivity contribution < 1.29 is 13.6 Å². The largest absolute Gasteiger partial charge is 0.398 e. The van der Waals surface area contributed by atoms with E-state index < -0.39 is 11.6 Å². The van der Waals surface area contributed by atoms with E-state index >= 15 is 0 Å². The van der Waals surface area contributed by atoms with Crippen molar-refractivity contribution in [1.29, 1.82) is 0 Å². The smallest absolute Gasteiger partial charge is 0.256 e. The lowest BCUT2D eigenvalue weighted by atomic mass is 10.1. The molecule has 1 aliphatic carbocycles. The van der Waals surface area contributed by atoms with Crippen LogP contribution in [0.3, 0.4) is 0 Å². The summed E-state index contributed by atoms with van der Waals surface area (Å²) in [6, 6.07) is 1.73. The molecule has 3 nitrogen and oxygen atoms in total. The minimum atomic E-state index is -1.05. The van der Waals surface area contributed by atoms with Gasteiger partial charge >= 0.3 is 0 Å². The molecule has 0 atom stereocenters. The molecule has 0 unspecified atom stereocenters. The van der Waals surface area contributed by atoms with Crippen molar-refractivity contribution in [3.05, 3.63) is 29.3 Å². The molecule has 1 aromatic rings. The highest BCUT2D eigenvalue weighted by atomic mass is 19.2. The molecule has 1 fully saturated rings. The van der Waals surface area contributed by atoms with Crippen molar-refractivity contribution in [1.82, 2.24) is 4.90 Å². The van der Waals surface area contributed by atoms with E-state index in [1.54, 1.807) is 4.90 Å². The summed E-state index contributed by atoms with van der Waals surface area (Å²) < 4.78 is 26.1. The Morgan fingerprint density at radius 2 is 2.00 bits per heavy atom. The molecule has 5 heteroatoms. The van der Waals surface area contributed by atoms with E-state index in [4.69, 9.17) is 5.73 Å². The van der Waals surface area contributed by atoms with Crippen LogP contribution in [0.4, 0.5) is 14.5 Å². The molecular formula is C13H16F2N2O. The zero-order chi connectivity index (χ0) is 13.3. The Balaban J connectivity index is 2.23. The summed E-state index contributed by atoms with van der Waals surface area (Å²) in [4.78, 5) is 13.8. The van der Waals surface area contributed by atoms with Gasteiger partial charge in [0, 0.05) is 24.8 Å². The number of hydrogen-bond donors (Lipinski definition) is 1. The lowest BCUT2D eigenvalue weighted by Crippen LogP contribution is -2.33. The molecule has 0 radical (unpaired) electrons. The molecule has 0 bridgehead atoms. The first-order valence-corrected chi connectivity index (χ1v) is 6.06. The van der Waals surface area contributed by atoms with Crippen LogP contribution in [0.15, 0.2) is 12.1 Å². The molecule has 1 aliphatic rings. The van der Waals surface area contributed by atoms with Gasteiger partial charge in [0.1, 0.15) is 0 Å². The average Bonchev–Trinajstić information content (AvgIpc) is 3.14. The van der Waals surface area contributed by atoms with Gasteiger partial charge in [-0.1, -0.05) is 0 Å². The third kappa shape index (κ3) is 2.60. The number of nitrogens with zero attached hydrogens (tertiary/aromatic N) is 1. The Labute approximate surface area is 105 Å². The number of carbonyl (C=O) groups excluding carboxylic acids is 1. The van der Waals surface area contributed by atoms with E-state index in [9.17, 15) is 13.6 Å². The predicted molar refractivity (Wildman–Crippen MR) is 65.1 cm³/mol. The van der Waals surface area contributed by atoms with Crippen LogP contribution >= 0.6 is 0 Å². The van der Waals surface area contributed by atoms with Crippen LogP contribution < -0.4 is 5.73 Å².